The standard InChI is InChI=1S/C21H19ClN2O3S/c1-14-10-11-16(13-17(14)22)23-20(25)9-4-12-24-18-7-2-5-15-6-3-8-19(21(15)18)28(24,26)27/h2-3,5-8,10-11,13H,4,9,12H2,1H3,(H,23,25). The summed E-state index contributed by atoms with van der Waals surface area (Å²) in [5, 5.41) is 5.04. The molecule has 0 fully saturated rings. The molecular formula is C21H19ClN2O3S. The predicted molar refractivity (Wildman–Crippen MR) is 113 cm³/mol. The Labute approximate surface area is 169 Å². The van der Waals surface area contributed by atoms with Crippen LogP contribution >= 0.6 is 11.6 Å². The fourth-order valence-corrected chi connectivity index (χ4v) is 5.41. The molecule has 1 aliphatic rings. The van der Waals surface area contributed by atoms with E-state index in [0.717, 1.165) is 16.3 Å². The molecule has 144 valence electrons. The number of carbonyl (C=O) groups excluding carboxylic acids is 1. The molecule has 3 aromatic carbocycles. The normalized spacial score (nSPS) is 14.4. The summed E-state index contributed by atoms with van der Waals surface area (Å²) < 4.78 is 27.2. The van der Waals surface area contributed by atoms with Crippen LogP contribution < -0.4 is 9.62 Å². The summed E-state index contributed by atoms with van der Waals surface area (Å²) >= 11 is 6.08. The van der Waals surface area contributed by atoms with Crippen molar-refractivity contribution in [1.29, 1.82) is 0 Å². The Morgan fingerprint density at radius 1 is 1.11 bits per heavy atom. The fraction of sp³-hybridized carbons (Fsp3) is 0.190. The van der Waals surface area contributed by atoms with E-state index in [9.17, 15) is 13.2 Å². The number of hydrogen-bond acceptors (Lipinski definition) is 3. The fourth-order valence-electron chi connectivity index (χ4n) is 3.48. The second-order valence-corrected chi connectivity index (χ2v) is 9.06. The molecule has 1 N–H and O–H groups in total. The molecule has 7 heteroatoms. The van der Waals surface area contributed by atoms with E-state index in [-0.39, 0.29) is 18.9 Å². The molecule has 28 heavy (non-hydrogen) atoms. The van der Waals surface area contributed by atoms with E-state index in [1.807, 2.05) is 37.3 Å². The van der Waals surface area contributed by atoms with Gasteiger partial charge in [0.2, 0.25) is 5.91 Å². The van der Waals surface area contributed by atoms with Crippen molar-refractivity contribution in [3.63, 3.8) is 0 Å². The van der Waals surface area contributed by atoms with Crippen molar-refractivity contribution in [3.05, 3.63) is 65.2 Å². The second kappa shape index (κ2) is 7.11. The van der Waals surface area contributed by atoms with Crippen LogP contribution in [0.15, 0.2) is 59.5 Å². The van der Waals surface area contributed by atoms with Crippen molar-refractivity contribution in [2.75, 3.05) is 16.2 Å². The van der Waals surface area contributed by atoms with Crippen molar-refractivity contribution < 1.29 is 13.2 Å². The van der Waals surface area contributed by atoms with Gasteiger partial charge in [0.05, 0.1) is 10.6 Å². The Kier molecular flexibility index (Phi) is 4.77. The lowest BCUT2D eigenvalue weighted by molar-refractivity contribution is -0.116. The van der Waals surface area contributed by atoms with Gasteiger partial charge in [-0.1, -0.05) is 41.9 Å². The summed E-state index contributed by atoms with van der Waals surface area (Å²) in [4.78, 5) is 12.6. The zero-order valence-electron chi connectivity index (χ0n) is 15.3. The third-order valence-corrected chi connectivity index (χ3v) is 7.16. The topological polar surface area (TPSA) is 66.5 Å². The number of hydrogen-bond donors (Lipinski definition) is 1. The van der Waals surface area contributed by atoms with Crippen LogP contribution in [0.5, 0.6) is 0 Å². The number of halogens is 1. The van der Waals surface area contributed by atoms with Gasteiger partial charge in [-0.25, -0.2) is 8.42 Å². The van der Waals surface area contributed by atoms with Crippen LogP contribution in [-0.4, -0.2) is 20.9 Å². The first-order valence-corrected chi connectivity index (χ1v) is 10.8. The summed E-state index contributed by atoms with van der Waals surface area (Å²) in [5.74, 6) is -0.174. The average Bonchev–Trinajstić information content (AvgIpc) is 2.88. The highest BCUT2D eigenvalue weighted by Crippen LogP contribution is 2.41. The molecule has 0 bridgehead atoms. The van der Waals surface area contributed by atoms with Crippen LogP contribution in [0.1, 0.15) is 18.4 Å². The summed E-state index contributed by atoms with van der Waals surface area (Å²) in [5.41, 5.74) is 2.25. The lowest BCUT2D eigenvalue weighted by atomic mass is 10.1. The first-order chi connectivity index (χ1) is 13.4. The summed E-state index contributed by atoms with van der Waals surface area (Å²) in [6.07, 6.45) is 0.624. The van der Waals surface area contributed by atoms with Gasteiger partial charge >= 0.3 is 0 Å². The van der Waals surface area contributed by atoms with Crippen molar-refractivity contribution >= 4 is 49.7 Å². The minimum absolute atomic E-state index is 0.174. The average molecular weight is 415 g/mol. The largest absolute Gasteiger partial charge is 0.326 e. The highest BCUT2D eigenvalue weighted by Gasteiger charge is 2.34. The number of carbonyl (C=O) groups is 1. The molecule has 3 aromatic rings. The molecule has 0 spiro atoms. The third kappa shape index (κ3) is 3.23. The Morgan fingerprint density at radius 3 is 2.61 bits per heavy atom. The molecule has 4 rings (SSSR count). The number of rotatable bonds is 5. The molecule has 0 radical (unpaired) electrons. The van der Waals surface area contributed by atoms with Crippen molar-refractivity contribution in [3.8, 4) is 0 Å². The summed E-state index contributed by atoms with van der Waals surface area (Å²) in [7, 11) is -3.58. The van der Waals surface area contributed by atoms with Gasteiger partial charge in [0.15, 0.2) is 0 Å². The molecule has 0 unspecified atom stereocenters. The van der Waals surface area contributed by atoms with Gasteiger partial charge in [0.1, 0.15) is 0 Å². The molecule has 0 saturated carbocycles. The van der Waals surface area contributed by atoms with E-state index >= 15 is 0 Å². The summed E-state index contributed by atoms with van der Waals surface area (Å²) in [6.45, 7) is 2.14. The minimum Gasteiger partial charge on any atom is -0.326 e. The van der Waals surface area contributed by atoms with E-state index in [0.29, 0.717) is 27.7 Å². The predicted octanol–water partition coefficient (Wildman–Crippen LogP) is 4.73. The highest BCUT2D eigenvalue weighted by atomic mass is 35.5. The van der Waals surface area contributed by atoms with Crippen LogP contribution in [0.3, 0.4) is 0 Å². The number of amides is 1. The van der Waals surface area contributed by atoms with Gasteiger partial charge in [-0.2, -0.15) is 0 Å². The monoisotopic (exact) mass is 414 g/mol. The molecule has 1 heterocycles. The molecule has 1 aliphatic heterocycles. The maximum Gasteiger partial charge on any atom is 0.265 e. The zero-order chi connectivity index (χ0) is 19.9. The molecular weight excluding hydrogens is 396 g/mol. The SMILES string of the molecule is Cc1ccc(NC(=O)CCCN2c3cccc4cccc(c34)S2(=O)=O)cc1Cl. The maximum absolute atomic E-state index is 12.9. The van der Waals surface area contributed by atoms with Gasteiger partial charge in [-0.05, 0) is 48.6 Å². The summed E-state index contributed by atoms with van der Waals surface area (Å²) in [6, 6.07) is 16.2. The molecule has 0 aliphatic carbocycles. The number of sulfonamides is 1. The van der Waals surface area contributed by atoms with Gasteiger partial charge in [0.25, 0.3) is 10.0 Å². The van der Waals surface area contributed by atoms with Crippen LogP contribution in [0.25, 0.3) is 10.8 Å². The van der Waals surface area contributed by atoms with E-state index < -0.39 is 10.0 Å². The van der Waals surface area contributed by atoms with E-state index in [1.165, 1.54) is 4.31 Å². The first-order valence-electron chi connectivity index (χ1n) is 8.98. The first kappa shape index (κ1) is 18.8. The van der Waals surface area contributed by atoms with Crippen molar-refractivity contribution in [2.24, 2.45) is 0 Å². The Balaban J connectivity index is 1.45. The molecule has 0 saturated heterocycles. The second-order valence-electron chi connectivity index (χ2n) is 6.82. The van der Waals surface area contributed by atoms with E-state index in [1.54, 1.807) is 24.3 Å². The minimum atomic E-state index is -3.58. The van der Waals surface area contributed by atoms with Crippen LogP contribution in [0.2, 0.25) is 5.02 Å². The van der Waals surface area contributed by atoms with E-state index in [4.69, 9.17) is 11.6 Å². The van der Waals surface area contributed by atoms with Gasteiger partial charge < -0.3 is 5.32 Å². The number of anilines is 2. The van der Waals surface area contributed by atoms with Gasteiger partial charge in [0, 0.05) is 29.1 Å². The zero-order valence-corrected chi connectivity index (χ0v) is 16.8. The van der Waals surface area contributed by atoms with Crippen LogP contribution in [0, 0.1) is 6.92 Å². The Bertz CT molecular complexity index is 1190. The smallest absolute Gasteiger partial charge is 0.265 e. The molecule has 0 aromatic heterocycles. The Hall–Kier alpha value is -2.57. The van der Waals surface area contributed by atoms with Crippen molar-refractivity contribution in [1.82, 2.24) is 0 Å². The molecule has 5 nitrogen and oxygen atoms in total. The van der Waals surface area contributed by atoms with E-state index in [2.05, 4.69) is 5.32 Å². The molecule has 0 atom stereocenters. The van der Waals surface area contributed by atoms with Crippen LogP contribution in [-0.2, 0) is 14.8 Å². The van der Waals surface area contributed by atoms with Gasteiger partial charge in [-0.3, -0.25) is 9.10 Å². The van der Waals surface area contributed by atoms with Crippen LogP contribution in [0.4, 0.5) is 11.4 Å². The quantitative estimate of drug-likeness (QED) is 0.656. The lowest BCUT2D eigenvalue weighted by Gasteiger charge is -2.18. The third-order valence-electron chi connectivity index (χ3n) is 4.90. The number of aryl methyl sites for hydroxylation is 1. The number of benzene rings is 3. The highest BCUT2D eigenvalue weighted by molar-refractivity contribution is 7.93. The number of nitrogens with zero attached hydrogens (tertiary/aromatic N) is 1. The Morgan fingerprint density at radius 2 is 1.86 bits per heavy atom. The van der Waals surface area contributed by atoms with Crippen molar-refractivity contribution in [2.45, 2.75) is 24.7 Å². The maximum atomic E-state index is 12.9. The van der Waals surface area contributed by atoms with Gasteiger partial charge in [-0.15, -0.1) is 0 Å². The number of nitrogens with one attached hydrogen (secondary N) is 1. The molecule has 1 amide bonds. The lowest BCUT2D eigenvalue weighted by Crippen LogP contribution is -2.28.